The van der Waals surface area contributed by atoms with Gasteiger partial charge in [0.25, 0.3) is 11.8 Å². The molecule has 2 amide bonds. The molecule has 0 saturated carbocycles. The molecule has 0 bridgehead atoms. The van der Waals surface area contributed by atoms with Crippen LogP contribution in [0.2, 0.25) is 0 Å². The van der Waals surface area contributed by atoms with Crippen LogP contribution in [0.15, 0.2) is 72.4 Å². The lowest BCUT2D eigenvalue weighted by Gasteiger charge is -2.16. The molecule has 1 aliphatic rings. The van der Waals surface area contributed by atoms with Gasteiger partial charge in [-0.3, -0.25) is 9.59 Å². The molecule has 4 rings (SSSR count). The Morgan fingerprint density at radius 1 is 0.882 bits per heavy atom. The van der Waals surface area contributed by atoms with Gasteiger partial charge in [-0.1, -0.05) is 43.7 Å². The number of carbonyl (C=O) groups is 2. The van der Waals surface area contributed by atoms with Gasteiger partial charge in [0.2, 0.25) is 0 Å². The van der Waals surface area contributed by atoms with Crippen LogP contribution in [0.1, 0.15) is 25.0 Å². The Balaban J connectivity index is 1.71. The normalized spacial score (nSPS) is 13.8. The van der Waals surface area contributed by atoms with Gasteiger partial charge in [-0.05, 0) is 54.8 Å². The van der Waals surface area contributed by atoms with Crippen LogP contribution in [-0.4, -0.2) is 18.4 Å². The van der Waals surface area contributed by atoms with Crippen molar-refractivity contribution in [3.8, 4) is 5.75 Å². The van der Waals surface area contributed by atoms with E-state index in [2.05, 4.69) is 5.32 Å². The lowest BCUT2D eigenvalue weighted by atomic mass is 10.0. The minimum atomic E-state index is -1.06. The van der Waals surface area contributed by atoms with Crippen LogP contribution in [0, 0.1) is 24.5 Å². The Hall–Kier alpha value is -4.00. The summed E-state index contributed by atoms with van der Waals surface area (Å²) in [6, 6.07) is 17.0. The largest absolute Gasteiger partial charge is 0.493 e. The van der Waals surface area contributed by atoms with Gasteiger partial charge in [-0.25, -0.2) is 13.7 Å². The second kappa shape index (κ2) is 9.47. The summed E-state index contributed by atoms with van der Waals surface area (Å²) in [5, 5.41) is 2.83. The zero-order valence-electron chi connectivity index (χ0n) is 19.1. The van der Waals surface area contributed by atoms with Gasteiger partial charge in [0.15, 0.2) is 11.6 Å². The Labute approximate surface area is 196 Å². The number of nitrogens with one attached hydrogen (secondary N) is 1. The number of aryl methyl sites for hydroxylation is 1. The summed E-state index contributed by atoms with van der Waals surface area (Å²) in [7, 11) is 0. The molecule has 7 heteroatoms. The molecule has 1 N–H and O–H groups in total. The topological polar surface area (TPSA) is 58.6 Å². The van der Waals surface area contributed by atoms with Crippen molar-refractivity contribution in [2.24, 2.45) is 5.92 Å². The number of halogens is 2. The standard InChI is InChI=1S/C27H24F2N2O3/c1-16(2)15-34-21-11-9-20(10-12-21)31-26(32)24(18-6-4-17(3)5-7-18)25(27(31)33)30-19-8-13-22(28)23(29)14-19/h4-14,16,30H,15H2,1-3H3. The zero-order valence-corrected chi connectivity index (χ0v) is 19.1. The number of nitrogens with zero attached hydrogens (tertiary/aromatic N) is 1. The van der Waals surface area contributed by atoms with Crippen molar-refractivity contribution in [2.45, 2.75) is 20.8 Å². The fraction of sp³-hybridized carbons (Fsp3) is 0.185. The first-order valence-electron chi connectivity index (χ1n) is 10.9. The highest BCUT2D eigenvalue weighted by Crippen LogP contribution is 2.34. The number of imide groups is 1. The van der Waals surface area contributed by atoms with Crippen molar-refractivity contribution in [3.05, 3.63) is 95.2 Å². The third kappa shape index (κ3) is 4.69. The van der Waals surface area contributed by atoms with Crippen LogP contribution in [0.4, 0.5) is 20.2 Å². The first-order valence-corrected chi connectivity index (χ1v) is 10.9. The van der Waals surface area contributed by atoms with Gasteiger partial charge in [0.1, 0.15) is 11.4 Å². The van der Waals surface area contributed by atoms with E-state index in [0.29, 0.717) is 29.5 Å². The summed E-state index contributed by atoms with van der Waals surface area (Å²) in [5.41, 5.74) is 2.19. The third-order valence-corrected chi connectivity index (χ3v) is 5.29. The molecule has 0 fully saturated rings. The lowest BCUT2D eigenvalue weighted by Crippen LogP contribution is -2.32. The van der Waals surface area contributed by atoms with Crippen LogP contribution in [-0.2, 0) is 9.59 Å². The van der Waals surface area contributed by atoms with Crippen molar-refractivity contribution in [3.63, 3.8) is 0 Å². The quantitative estimate of drug-likeness (QED) is 0.458. The number of amides is 2. The van der Waals surface area contributed by atoms with Crippen LogP contribution >= 0.6 is 0 Å². The number of ether oxygens (including phenoxy) is 1. The van der Waals surface area contributed by atoms with E-state index in [1.807, 2.05) is 32.9 Å². The zero-order chi connectivity index (χ0) is 24.4. The minimum absolute atomic E-state index is 0.0139. The van der Waals surface area contributed by atoms with E-state index in [0.717, 1.165) is 22.6 Å². The van der Waals surface area contributed by atoms with E-state index in [1.165, 1.54) is 6.07 Å². The molecule has 3 aromatic carbocycles. The summed E-state index contributed by atoms with van der Waals surface area (Å²) in [6.45, 7) is 6.53. The molecule has 174 valence electrons. The molecule has 0 aromatic heterocycles. The second-order valence-corrected chi connectivity index (χ2v) is 8.51. The van der Waals surface area contributed by atoms with E-state index >= 15 is 0 Å². The second-order valence-electron chi connectivity index (χ2n) is 8.51. The highest BCUT2D eigenvalue weighted by Gasteiger charge is 2.40. The molecule has 0 atom stereocenters. The van der Waals surface area contributed by atoms with Gasteiger partial charge < -0.3 is 10.1 Å². The Morgan fingerprint density at radius 2 is 1.56 bits per heavy atom. The number of rotatable bonds is 7. The molecule has 0 spiro atoms. The summed E-state index contributed by atoms with van der Waals surface area (Å²) >= 11 is 0. The number of hydrogen-bond acceptors (Lipinski definition) is 4. The van der Waals surface area contributed by atoms with Crippen molar-refractivity contribution in [2.75, 3.05) is 16.8 Å². The van der Waals surface area contributed by atoms with Gasteiger partial charge in [-0.2, -0.15) is 0 Å². The van der Waals surface area contributed by atoms with E-state index in [-0.39, 0.29) is 17.0 Å². The summed E-state index contributed by atoms with van der Waals surface area (Å²) in [6.07, 6.45) is 0. The maximum Gasteiger partial charge on any atom is 0.282 e. The number of benzene rings is 3. The Morgan fingerprint density at radius 3 is 2.18 bits per heavy atom. The number of anilines is 2. The summed E-state index contributed by atoms with van der Waals surface area (Å²) in [4.78, 5) is 27.9. The van der Waals surface area contributed by atoms with Gasteiger partial charge >= 0.3 is 0 Å². The molecular formula is C27H24F2N2O3. The predicted molar refractivity (Wildman–Crippen MR) is 127 cm³/mol. The first-order chi connectivity index (χ1) is 16.2. The van der Waals surface area contributed by atoms with Gasteiger partial charge in [-0.15, -0.1) is 0 Å². The number of carbonyl (C=O) groups excluding carboxylic acids is 2. The van der Waals surface area contributed by atoms with Crippen LogP contribution in [0.5, 0.6) is 5.75 Å². The van der Waals surface area contributed by atoms with Crippen LogP contribution in [0.3, 0.4) is 0 Å². The fourth-order valence-electron chi connectivity index (χ4n) is 3.54. The average Bonchev–Trinajstić information content (AvgIpc) is 3.05. The van der Waals surface area contributed by atoms with Crippen molar-refractivity contribution in [1.29, 1.82) is 0 Å². The molecule has 0 aliphatic carbocycles. The van der Waals surface area contributed by atoms with Crippen molar-refractivity contribution < 1.29 is 23.1 Å². The molecule has 1 aliphatic heterocycles. The Bertz CT molecular complexity index is 1270. The molecule has 0 unspecified atom stereocenters. The molecule has 3 aromatic rings. The smallest absolute Gasteiger partial charge is 0.282 e. The monoisotopic (exact) mass is 462 g/mol. The molecule has 34 heavy (non-hydrogen) atoms. The first kappa shape index (κ1) is 23.2. The van der Waals surface area contributed by atoms with Gasteiger partial charge in [0, 0.05) is 11.8 Å². The SMILES string of the molecule is Cc1ccc(C2=C(Nc3ccc(F)c(F)c3)C(=O)N(c3ccc(OCC(C)C)cc3)C2=O)cc1. The average molecular weight is 462 g/mol. The lowest BCUT2D eigenvalue weighted by molar-refractivity contribution is -0.120. The summed E-state index contributed by atoms with van der Waals surface area (Å²) in [5.74, 6) is -2.20. The molecule has 5 nitrogen and oxygen atoms in total. The fourth-order valence-corrected chi connectivity index (χ4v) is 3.54. The molecule has 0 saturated heterocycles. The van der Waals surface area contributed by atoms with E-state index in [1.54, 1.807) is 36.4 Å². The Kier molecular flexibility index (Phi) is 6.45. The third-order valence-electron chi connectivity index (χ3n) is 5.29. The maximum absolute atomic E-state index is 13.8. The van der Waals surface area contributed by atoms with Gasteiger partial charge in [0.05, 0.1) is 17.9 Å². The molecule has 0 radical (unpaired) electrons. The highest BCUT2D eigenvalue weighted by atomic mass is 19.2. The summed E-state index contributed by atoms with van der Waals surface area (Å²) < 4.78 is 32.9. The van der Waals surface area contributed by atoms with Crippen molar-refractivity contribution in [1.82, 2.24) is 0 Å². The molecule has 1 heterocycles. The van der Waals surface area contributed by atoms with Crippen LogP contribution < -0.4 is 15.0 Å². The van der Waals surface area contributed by atoms with Crippen molar-refractivity contribution >= 4 is 28.8 Å². The number of hydrogen-bond donors (Lipinski definition) is 1. The minimum Gasteiger partial charge on any atom is -0.493 e. The van der Waals surface area contributed by atoms with E-state index in [4.69, 9.17) is 4.74 Å². The highest BCUT2D eigenvalue weighted by molar-refractivity contribution is 6.46. The molecular weight excluding hydrogens is 438 g/mol. The van der Waals surface area contributed by atoms with Crippen LogP contribution in [0.25, 0.3) is 5.57 Å². The van der Waals surface area contributed by atoms with E-state index in [9.17, 15) is 18.4 Å². The maximum atomic E-state index is 13.8. The predicted octanol–water partition coefficient (Wildman–Crippen LogP) is 5.70. The van der Waals surface area contributed by atoms with E-state index < -0.39 is 23.4 Å².